The summed E-state index contributed by atoms with van der Waals surface area (Å²) in [6.07, 6.45) is 5.32. The fraction of sp³-hybridized carbons (Fsp3) is 0.100. The van der Waals surface area contributed by atoms with Crippen molar-refractivity contribution in [2.45, 2.75) is 0 Å². The number of rotatable bonds is 2. The Morgan fingerprint density at radius 2 is 2.29 bits per heavy atom. The van der Waals surface area contributed by atoms with Gasteiger partial charge in [0.1, 0.15) is 5.75 Å². The number of aromatic nitrogens is 2. The minimum Gasteiger partial charge on any atom is -0.495 e. The number of ether oxygens (including phenoxy) is 1. The molecule has 2 rings (SSSR count). The summed E-state index contributed by atoms with van der Waals surface area (Å²) in [5.41, 5.74) is 7.32. The molecule has 1 aromatic heterocycles. The van der Waals surface area contributed by atoms with Gasteiger partial charge in [-0.05, 0) is 12.1 Å². The lowest BCUT2D eigenvalue weighted by Crippen LogP contribution is -1.95. The first-order valence-corrected chi connectivity index (χ1v) is 4.23. The van der Waals surface area contributed by atoms with E-state index in [-0.39, 0.29) is 0 Å². The Hall–Kier alpha value is -1.97. The lowest BCUT2D eigenvalue weighted by atomic mass is 10.2. The van der Waals surface area contributed by atoms with Crippen LogP contribution in [-0.4, -0.2) is 16.7 Å². The van der Waals surface area contributed by atoms with Crippen molar-refractivity contribution in [3.05, 3.63) is 36.9 Å². The molecule has 4 nitrogen and oxygen atoms in total. The average molecular weight is 189 g/mol. The number of nitrogens with two attached hydrogens (primary N) is 1. The van der Waals surface area contributed by atoms with Crippen LogP contribution in [0, 0.1) is 0 Å². The number of hydrogen-bond donors (Lipinski definition) is 1. The summed E-state index contributed by atoms with van der Waals surface area (Å²) in [6.45, 7) is 0. The molecule has 2 aromatic rings. The Bertz CT molecular complexity index is 423. The highest BCUT2D eigenvalue weighted by Gasteiger charge is 2.01. The van der Waals surface area contributed by atoms with Gasteiger partial charge < -0.3 is 15.0 Å². The molecule has 0 aliphatic rings. The highest BCUT2D eigenvalue weighted by atomic mass is 16.5. The van der Waals surface area contributed by atoms with E-state index in [9.17, 15) is 0 Å². The highest BCUT2D eigenvalue weighted by molar-refractivity contribution is 5.57. The van der Waals surface area contributed by atoms with E-state index in [2.05, 4.69) is 4.98 Å². The van der Waals surface area contributed by atoms with Gasteiger partial charge in [-0.15, -0.1) is 0 Å². The number of methoxy groups -OCH3 is 1. The average Bonchev–Trinajstić information content (AvgIpc) is 2.71. The van der Waals surface area contributed by atoms with Crippen LogP contribution in [0.1, 0.15) is 0 Å². The quantitative estimate of drug-likeness (QED) is 0.728. The van der Waals surface area contributed by atoms with Gasteiger partial charge in [-0.1, -0.05) is 0 Å². The van der Waals surface area contributed by atoms with E-state index in [1.54, 1.807) is 19.6 Å². The molecule has 72 valence electrons. The van der Waals surface area contributed by atoms with E-state index in [1.807, 2.05) is 29.0 Å². The molecule has 4 heteroatoms. The molecule has 14 heavy (non-hydrogen) atoms. The minimum atomic E-state index is 0.636. The number of benzene rings is 1. The van der Waals surface area contributed by atoms with Crippen LogP contribution >= 0.6 is 0 Å². The molecule has 0 bridgehead atoms. The standard InChI is InChI=1S/C10H11N3O/c1-14-10-6-8(2-3-9(10)11)13-5-4-12-7-13/h2-7H,11H2,1H3. The van der Waals surface area contributed by atoms with Gasteiger partial charge in [-0.25, -0.2) is 4.98 Å². The van der Waals surface area contributed by atoms with Gasteiger partial charge in [0.15, 0.2) is 0 Å². The second-order valence-electron chi connectivity index (χ2n) is 2.90. The zero-order valence-corrected chi connectivity index (χ0v) is 7.84. The summed E-state index contributed by atoms with van der Waals surface area (Å²) in [5.74, 6) is 0.677. The van der Waals surface area contributed by atoms with E-state index in [4.69, 9.17) is 10.5 Å². The monoisotopic (exact) mass is 189 g/mol. The van der Waals surface area contributed by atoms with Crippen molar-refractivity contribution in [1.29, 1.82) is 0 Å². The van der Waals surface area contributed by atoms with Gasteiger partial charge in [0.05, 0.1) is 24.8 Å². The number of nitrogen functional groups attached to an aromatic ring is 1. The molecular weight excluding hydrogens is 178 g/mol. The summed E-state index contributed by atoms with van der Waals surface area (Å²) in [5, 5.41) is 0. The third-order valence-electron chi connectivity index (χ3n) is 2.02. The maximum atomic E-state index is 5.70. The first-order valence-electron chi connectivity index (χ1n) is 4.23. The van der Waals surface area contributed by atoms with Gasteiger partial charge in [0.2, 0.25) is 0 Å². The van der Waals surface area contributed by atoms with Crippen molar-refractivity contribution >= 4 is 5.69 Å². The molecule has 1 aromatic carbocycles. The first kappa shape index (κ1) is 8.62. The lowest BCUT2D eigenvalue weighted by molar-refractivity contribution is 0.417. The molecule has 0 aliphatic carbocycles. The maximum absolute atomic E-state index is 5.70. The lowest BCUT2D eigenvalue weighted by Gasteiger charge is -2.07. The van der Waals surface area contributed by atoms with Gasteiger partial charge in [0.25, 0.3) is 0 Å². The van der Waals surface area contributed by atoms with Crippen molar-refractivity contribution in [3.8, 4) is 11.4 Å². The van der Waals surface area contributed by atoms with Crippen molar-refractivity contribution in [2.75, 3.05) is 12.8 Å². The molecule has 0 amide bonds. The Balaban J connectivity index is 2.46. The van der Waals surface area contributed by atoms with Gasteiger partial charge in [0, 0.05) is 18.5 Å². The molecule has 0 aliphatic heterocycles. The Morgan fingerprint density at radius 3 is 2.93 bits per heavy atom. The van der Waals surface area contributed by atoms with Crippen LogP contribution in [-0.2, 0) is 0 Å². The van der Waals surface area contributed by atoms with Crippen LogP contribution in [0.4, 0.5) is 5.69 Å². The van der Waals surface area contributed by atoms with Crippen LogP contribution in [0.3, 0.4) is 0 Å². The first-order chi connectivity index (χ1) is 6.81. The Kier molecular flexibility index (Phi) is 2.10. The third-order valence-corrected chi connectivity index (χ3v) is 2.02. The van der Waals surface area contributed by atoms with Crippen molar-refractivity contribution in [3.63, 3.8) is 0 Å². The summed E-state index contributed by atoms with van der Waals surface area (Å²) in [4.78, 5) is 3.97. The Morgan fingerprint density at radius 1 is 1.43 bits per heavy atom. The van der Waals surface area contributed by atoms with E-state index < -0.39 is 0 Å². The SMILES string of the molecule is COc1cc(-n2ccnc2)ccc1N. The summed E-state index contributed by atoms with van der Waals surface area (Å²) in [7, 11) is 1.60. The molecule has 0 spiro atoms. The fourth-order valence-corrected chi connectivity index (χ4v) is 1.27. The zero-order valence-electron chi connectivity index (χ0n) is 7.84. The van der Waals surface area contributed by atoms with Crippen molar-refractivity contribution in [1.82, 2.24) is 9.55 Å². The van der Waals surface area contributed by atoms with Crippen LogP contribution in [0.5, 0.6) is 5.75 Å². The topological polar surface area (TPSA) is 53.1 Å². The molecule has 0 fully saturated rings. The van der Waals surface area contributed by atoms with Crippen LogP contribution < -0.4 is 10.5 Å². The maximum Gasteiger partial charge on any atom is 0.143 e. The molecule has 2 N–H and O–H groups in total. The van der Waals surface area contributed by atoms with Gasteiger partial charge in [-0.3, -0.25) is 0 Å². The second kappa shape index (κ2) is 3.41. The second-order valence-corrected chi connectivity index (χ2v) is 2.90. The van der Waals surface area contributed by atoms with Crippen LogP contribution in [0.15, 0.2) is 36.9 Å². The largest absolute Gasteiger partial charge is 0.495 e. The smallest absolute Gasteiger partial charge is 0.143 e. The van der Waals surface area contributed by atoms with E-state index in [0.29, 0.717) is 11.4 Å². The summed E-state index contributed by atoms with van der Waals surface area (Å²) < 4.78 is 7.02. The number of hydrogen-bond acceptors (Lipinski definition) is 3. The number of imidazole rings is 1. The molecule has 1 heterocycles. The summed E-state index contributed by atoms with van der Waals surface area (Å²) in [6, 6.07) is 5.60. The predicted molar refractivity (Wildman–Crippen MR) is 54.5 cm³/mol. The molecular formula is C10H11N3O. The Labute approximate surface area is 81.9 Å². The number of anilines is 1. The van der Waals surface area contributed by atoms with Crippen LogP contribution in [0.2, 0.25) is 0 Å². The molecule has 0 saturated carbocycles. The molecule has 0 radical (unpaired) electrons. The van der Waals surface area contributed by atoms with Gasteiger partial charge in [-0.2, -0.15) is 0 Å². The predicted octanol–water partition coefficient (Wildman–Crippen LogP) is 1.46. The highest BCUT2D eigenvalue weighted by Crippen LogP contribution is 2.23. The third kappa shape index (κ3) is 1.42. The van der Waals surface area contributed by atoms with E-state index in [1.165, 1.54) is 0 Å². The zero-order chi connectivity index (χ0) is 9.97. The number of nitrogens with zero attached hydrogens (tertiary/aromatic N) is 2. The van der Waals surface area contributed by atoms with Gasteiger partial charge >= 0.3 is 0 Å². The summed E-state index contributed by atoms with van der Waals surface area (Å²) >= 11 is 0. The normalized spacial score (nSPS) is 10.1. The molecule has 0 saturated heterocycles. The molecule has 0 unspecified atom stereocenters. The van der Waals surface area contributed by atoms with Crippen molar-refractivity contribution < 1.29 is 4.74 Å². The van der Waals surface area contributed by atoms with Crippen molar-refractivity contribution in [2.24, 2.45) is 0 Å². The molecule has 0 atom stereocenters. The minimum absolute atomic E-state index is 0.636. The van der Waals surface area contributed by atoms with Crippen LogP contribution in [0.25, 0.3) is 5.69 Å². The fourth-order valence-electron chi connectivity index (χ4n) is 1.27. The van der Waals surface area contributed by atoms with E-state index in [0.717, 1.165) is 5.69 Å². The van der Waals surface area contributed by atoms with E-state index >= 15 is 0 Å².